The molecule has 0 unspecified atom stereocenters. The molecule has 1 heterocycles. The maximum Gasteiger partial charge on any atom is 0.258 e. The fraction of sp³-hybridized carbons (Fsp3) is 0.500. The molecule has 114 valence electrons. The van der Waals surface area contributed by atoms with Crippen LogP contribution in [0.4, 0.5) is 0 Å². The Morgan fingerprint density at radius 1 is 1.29 bits per heavy atom. The molecule has 1 aromatic carbocycles. The highest BCUT2D eigenvalue weighted by Gasteiger charge is 2.19. The van der Waals surface area contributed by atoms with Gasteiger partial charge < -0.3 is 9.63 Å². The molecule has 0 aliphatic carbocycles. The smallest absolute Gasteiger partial charge is 0.258 e. The Kier molecular flexibility index (Phi) is 4.75. The van der Waals surface area contributed by atoms with E-state index < -0.39 is 5.60 Å². The minimum atomic E-state index is -0.738. The zero-order valence-electron chi connectivity index (χ0n) is 13.1. The number of aliphatic hydroxyl groups is 1. The molecule has 21 heavy (non-hydrogen) atoms. The summed E-state index contributed by atoms with van der Waals surface area (Å²) in [7, 11) is 0. The molecule has 0 saturated carbocycles. The van der Waals surface area contributed by atoms with Gasteiger partial charge in [0.15, 0.2) is 5.82 Å². The minimum Gasteiger partial charge on any atom is -0.389 e. The van der Waals surface area contributed by atoms with Crippen LogP contribution in [0.25, 0.3) is 11.5 Å². The van der Waals surface area contributed by atoms with E-state index in [1.165, 1.54) is 0 Å². The molecule has 2 rings (SSSR count). The summed E-state index contributed by atoms with van der Waals surface area (Å²) in [5.74, 6) is 1.18. The quantitative estimate of drug-likeness (QED) is 0.885. The Balaban J connectivity index is 2.11. The predicted octanol–water partition coefficient (Wildman–Crippen LogP) is 2.64. The van der Waals surface area contributed by atoms with Crippen LogP contribution >= 0.6 is 0 Å². The van der Waals surface area contributed by atoms with Crippen molar-refractivity contribution in [1.29, 1.82) is 0 Å². The lowest BCUT2D eigenvalue weighted by molar-refractivity contribution is 0.0343. The van der Waals surface area contributed by atoms with Crippen LogP contribution in [0.3, 0.4) is 0 Å². The highest BCUT2D eigenvalue weighted by molar-refractivity contribution is 5.57. The highest BCUT2D eigenvalue weighted by Crippen LogP contribution is 2.21. The number of likely N-dealkylation sites (N-methyl/N-ethyl adjacent to an activating group) is 1. The van der Waals surface area contributed by atoms with Crippen molar-refractivity contribution in [1.82, 2.24) is 15.0 Å². The first-order valence-electron chi connectivity index (χ1n) is 7.22. The summed E-state index contributed by atoms with van der Waals surface area (Å²) in [6, 6.07) is 7.93. The molecule has 0 aliphatic rings. The minimum absolute atomic E-state index is 0.544. The van der Waals surface area contributed by atoms with Crippen LogP contribution < -0.4 is 0 Å². The van der Waals surface area contributed by atoms with Crippen LogP contribution in [-0.2, 0) is 6.54 Å². The van der Waals surface area contributed by atoms with E-state index in [1.807, 2.05) is 38.1 Å². The predicted molar refractivity (Wildman–Crippen MR) is 81.7 cm³/mol. The van der Waals surface area contributed by atoms with Crippen molar-refractivity contribution in [2.45, 2.75) is 39.8 Å². The van der Waals surface area contributed by atoms with Crippen molar-refractivity contribution in [2.75, 3.05) is 13.1 Å². The van der Waals surface area contributed by atoms with Crippen molar-refractivity contribution in [2.24, 2.45) is 0 Å². The maximum absolute atomic E-state index is 9.91. The average molecular weight is 289 g/mol. The molecule has 0 atom stereocenters. The summed E-state index contributed by atoms with van der Waals surface area (Å²) in [5, 5.41) is 14.0. The fourth-order valence-corrected chi connectivity index (χ4v) is 2.27. The normalized spacial score (nSPS) is 12.1. The summed E-state index contributed by atoms with van der Waals surface area (Å²) in [6.07, 6.45) is 0. The topological polar surface area (TPSA) is 62.4 Å². The van der Waals surface area contributed by atoms with E-state index in [9.17, 15) is 5.11 Å². The molecule has 0 fully saturated rings. The fourth-order valence-electron chi connectivity index (χ4n) is 2.27. The summed E-state index contributed by atoms with van der Waals surface area (Å²) in [5.41, 5.74) is 1.33. The summed E-state index contributed by atoms with van der Waals surface area (Å²) >= 11 is 0. The Morgan fingerprint density at radius 3 is 2.62 bits per heavy atom. The monoisotopic (exact) mass is 289 g/mol. The van der Waals surface area contributed by atoms with Crippen LogP contribution in [-0.4, -0.2) is 38.8 Å². The van der Waals surface area contributed by atoms with Gasteiger partial charge in [0.2, 0.25) is 0 Å². The number of hydrogen-bond acceptors (Lipinski definition) is 5. The van der Waals surface area contributed by atoms with Crippen LogP contribution in [0.1, 0.15) is 32.2 Å². The zero-order chi connectivity index (χ0) is 15.5. The van der Waals surface area contributed by atoms with Gasteiger partial charge in [0.05, 0.1) is 12.1 Å². The van der Waals surface area contributed by atoms with Crippen molar-refractivity contribution >= 4 is 0 Å². The van der Waals surface area contributed by atoms with Gasteiger partial charge in [-0.15, -0.1) is 0 Å². The molecule has 0 radical (unpaired) electrons. The van der Waals surface area contributed by atoms with E-state index in [-0.39, 0.29) is 0 Å². The standard InChI is InChI=1S/C16H23N3O2/c1-5-19(11-16(3,4)20)10-14-17-15(21-18-14)13-9-7-6-8-12(13)2/h6-9,20H,5,10-11H2,1-4H3. The van der Waals surface area contributed by atoms with E-state index in [2.05, 4.69) is 15.0 Å². The summed E-state index contributed by atoms with van der Waals surface area (Å²) in [6.45, 7) is 9.61. The van der Waals surface area contributed by atoms with E-state index >= 15 is 0 Å². The molecule has 0 spiro atoms. The van der Waals surface area contributed by atoms with E-state index in [0.717, 1.165) is 17.7 Å². The number of benzene rings is 1. The van der Waals surface area contributed by atoms with E-state index in [1.54, 1.807) is 13.8 Å². The van der Waals surface area contributed by atoms with Crippen LogP contribution in [0, 0.1) is 6.92 Å². The van der Waals surface area contributed by atoms with Gasteiger partial charge in [0.1, 0.15) is 0 Å². The van der Waals surface area contributed by atoms with E-state index in [0.29, 0.717) is 24.8 Å². The number of aromatic nitrogens is 2. The Hall–Kier alpha value is -1.72. The van der Waals surface area contributed by atoms with Gasteiger partial charge in [-0.1, -0.05) is 30.3 Å². The van der Waals surface area contributed by atoms with Crippen molar-refractivity contribution in [3.63, 3.8) is 0 Å². The molecular weight excluding hydrogens is 266 g/mol. The molecule has 0 bridgehead atoms. The number of rotatable bonds is 6. The van der Waals surface area contributed by atoms with Crippen LogP contribution in [0.5, 0.6) is 0 Å². The third-order valence-corrected chi connectivity index (χ3v) is 3.27. The Labute approximate surface area is 125 Å². The molecule has 5 heteroatoms. The lowest BCUT2D eigenvalue weighted by Crippen LogP contribution is -2.38. The second-order valence-electron chi connectivity index (χ2n) is 5.95. The first kappa shape index (κ1) is 15.7. The van der Waals surface area contributed by atoms with Crippen molar-refractivity contribution < 1.29 is 9.63 Å². The molecule has 2 aromatic rings. The molecule has 0 aliphatic heterocycles. The van der Waals surface area contributed by atoms with Gasteiger partial charge in [-0.25, -0.2) is 0 Å². The molecule has 5 nitrogen and oxygen atoms in total. The van der Waals surface area contributed by atoms with Crippen LogP contribution in [0.2, 0.25) is 0 Å². The van der Waals surface area contributed by atoms with E-state index in [4.69, 9.17) is 4.52 Å². The third kappa shape index (κ3) is 4.37. The molecule has 0 saturated heterocycles. The lowest BCUT2D eigenvalue weighted by atomic mass is 10.1. The number of hydrogen-bond donors (Lipinski definition) is 1. The molecule has 1 aromatic heterocycles. The maximum atomic E-state index is 9.91. The molecular formula is C16H23N3O2. The van der Waals surface area contributed by atoms with Gasteiger partial charge in [0.25, 0.3) is 5.89 Å². The number of nitrogens with zero attached hydrogens (tertiary/aromatic N) is 3. The summed E-state index contributed by atoms with van der Waals surface area (Å²) in [4.78, 5) is 6.55. The van der Waals surface area contributed by atoms with Gasteiger partial charge in [-0.3, -0.25) is 4.90 Å². The molecule has 1 N–H and O–H groups in total. The van der Waals surface area contributed by atoms with Gasteiger partial charge in [0, 0.05) is 12.1 Å². The third-order valence-electron chi connectivity index (χ3n) is 3.27. The highest BCUT2D eigenvalue weighted by atomic mass is 16.5. The molecule has 0 amide bonds. The Bertz CT molecular complexity index is 587. The average Bonchev–Trinajstić information content (AvgIpc) is 2.85. The second-order valence-corrected chi connectivity index (χ2v) is 5.95. The summed E-state index contributed by atoms with van der Waals surface area (Å²) < 4.78 is 5.36. The zero-order valence-corrected chi connectivity index (χ0v) is 13.1. The van der Waals surface area contributed by atoms with Gasteiger partial charge >= 0.3 is 0 Å². The Morgan fingerprint density at radius 2 is 2.00 bits per heavy atom. The van der Waals surface area contributed by atoms with Crippen molar-refractivity contribution in [3.05, 3.63) is 35.7 Å². The lowest BCUT2D eigenvalue weighted by Gasteiger charge is -2.26. The van der Waals surface area contributed by atoms with Gasteiger partial charge in [-0.2, -0.15) is 4.98 Å². The van der Waals surface area contributed by atoms with Crippen molar-refractivity contribution in [3.8, 4) is 11.5 Å². The van der Waals surface area contributed by atoms with Gasteiger partial charge in [-0.05, 0) is 38.9 Å². The number of aryl methyl sites for hydroxylation is 1. The second kappa shape index (κ2) is 6.37. The first-order valence-corrected chi connectivity index (χ1v) is 7.22. The largest absolute Gasteiger partial charge is 0.389 e. The SMILES string of the molecule is CCN(Cc1noc(-c2ccccc2C)n1)CC(C)(C)O. The first-order chi connectivity index (χ1) is 9.89. The van der Waals surface area contributed by atoms with Crippen LogP contribution in [0.15, 0.2) is 28.8 Å².